The molecular weight excluding hydrogens is 270 g/mol. The fraction of sp³-hybridized carbons (Fsp3) is 0.500. The summed E-state index contributed by atoms with van der Waals surface area (Å²) in [6.45, 7) is 7.80. The van der Waals surface area contributed by atoms with Crippen molar-refractivity contribution in [1.29, 1.82) is 0 Å². The molecule has 0 aliphatic carbocycles. The standard InChI is InChI=1S/C14H19N5O2/c1-9-10(6-5-7-15-9)13-16-17-18-19(13)11(8-12(20)21)14(2,3)4/h5-7,11H,8H2,1-4H3,(H,20,21). The van der Waals surface area contributed by atoms with Gasteiger partial charge >= 0.3 is 5.97 Å². The highest BCUT2D eigenvalue weighted by molar-refractivity contribution is 5.67. The van der Waals surface area contributed by atoms with Gasteiger partial charge in [0.1, 0.15) is 0 Å². The first-order chi connectivity index (χ1) is 9.80. The Morgan fingerprint density at radius 1 is 1.43 bits per heavy atom. The first kappa shape index (κ1) is 15.1. The van der Waals surface area contributed by atoms with Crippen molar-refractivity contribution in [3.63, 3.8) is 0 Å². The van der Waals surface area contributed by atoms with Gasteiger partial charge in [-0.1, -0.05) is 20.8 Å². The van der Waals surface area contributed by atoms with E-state index in [4.69, 9.17) is 5.11 Å². The van der Waals surface area contributed by atoms with Crippen LogP contribution in [0, 0.1) is 12.3 Å². The number of carbonyl (C=O) groups is 1. The van der Waals surface area contributed by atoms with Crippen LogP contribution in [0.4, 0.5) is 0 Å². The smallest absolute Gasteiger partial charge is 0.305 e. The Kier molecular flexibility index (Phi) is 4.02. The van der Waals surface area contributed by atoms with E-state index in [1.807, 2.05) is 39.8 Å². The molecule has 2 aromatic heterocycles. The molecule has 0 fully saturated rings. The summed E-state index contributed by atoms with van der Waals surface area (Å²) in [4.78, 5) is 15.4. The predicted molar refractivity (Wildman–Crippen MR) is 76.5 cm³/mol. The molecule has 0 saturated carbocycles. The zero-order valence-corrected chi connectivity index (χ0v) is 12.6. The molecule has 0 aliphatic heterocycles. The van der Waals surface area contributed by atoms with Crippen LogP contribution in [0.2, 0.25) is 0 Å². The van der Waals surface area contributed by atoms with E-state index >= 15 is 0 Å². The van der Waals surface area contributed by atoms with Gasteiger partial charge in [-0.2, -0.15) is 0 Å². The molecule has 7 heteroatoms. The minimum atomic E-state index is -0.876. The molecule has 2 aromatic rings. The Hall–Kier alpha value is -2.31. The van der Waals surface area contributed by atoms with Crippen LogP contribution in [0.25, 0.3) is 11.4 Å². The molecular formula is C14H19N5O2. The quantitative estimate of drug-likeness (QED) is 0.926. The van der Waals surface area contributed by atoms with Crippen LogP contribution < -0.4 is 0 Å². The molecule has 1 N–H and O–H groups in total. The third kappa shape index (κ3) is 3.24. The van der Waals surface area contributed by atoms with E-state index < -0.39 is 5.97 Å². The molecule has 1 unspecified atom stereocenters. The minimum absolute atomic E-state index is 0.0408. The molecule has 2 heterocycles. The van der Waals surface area contributed by atoms with Crippen LogP contribution in [-0.2, 0) is 4.79 Å². The molecule has 0 radical (unpaired) electrons. The number of hydrogen-bond donors (Lipinski definition) is 1. The lowest BCUT2D eigenvalue weighted by molar-refractivity contribution is -0.138. The number of aliphatic carboxylic acids is 1. The van der Waals surface area contributed by atoms with E-state index in [0.29, 0.717) is 5.82 Å². The topological polar surface area (TPSA) is 93.8 Å². The Bertz CT molecular complexity index is 645. The maximum atomic E-state index is 11.2. The summed E-state index contributed by atoms with van der Waals surface area (Å²) in [5, 5.41) is 21.0. The number of aromatic nitrogens is 5. The van der Waals surface area contributed by atoms with Gasteiger partial charge in [-0.15, -0.1) is 5.10 Å². The Labute approximate surface area is 123 Å². The van der Waals surface area contributed by atoms with Gasteiger partial charge in [0.15, 0.2) is 5.82 Å². The van der Waals surface area contributed by atoms with Gasteiger partial charge in [0.25, 0.3) is 0 Å². The summed E-state index contributed by atoms with van der Waals surface area (Å²) in [5.41, 5.74) is 1.32. The zero-order chi connectivity index (χ0) is 15.6. The number of tetrazole rings is 1. The number of pyridine rings is 1. The molecule has 0 saturated heterocycles. The highest BCUT2D eigenvalue weighted by Crippen LogP contribution is 2.35. The molecule has 0 bridgehead atoms. The largest absolute Gasteiger partial charge is 0.481 e. The highest BCUT2D eigenvalue weighted by atomic mass is 16.4. The van der Waals surface area contributed by atoms with Gasteiger partial charge < -0.3 is 5.11 Å². The van der Waals surface area contributed by atoms with Gasteiger partial charge in [-0.3, -0.25) is 9.78 Å². The number of nitrogens with zero attached hydrogens (tertiary/aromatic N) is 5. The lowest BCUT2D eigenvalue weighted by atomic mass is 9.84. The van der Waals surface area contributed by atoms with Crippen molar-refractivity contribution in [2.24, 2.45) is 5.41 Å². The van der Waals surface area contributed by atoms with Crippen LogP contribution in [0.15, 0.2) is 18.3 Å². The van der Waals surface area contributed by atoms with E-state index in [1.165, 1.54) is 0 Å². The van der Waals surface area contributed by atoms with Crippen LogP contribution >= 0.6 is 0 Å². The van der Waals surface area contributed by atoms with Crippen molar-refractivity contribution in [1.82, 2.24) is 25.2 Å². The number of rotatable bonds is 4. The first-order valence-corrected chi connectivity index (χ1v) is 6.72. The number of carboxylic acids is 1. The van der Waals surface area contributed by atoms with E-state index in [0.717, 1.165) is 11.3 Å². The van der Waals surface area contributed by atoms with Crippen LogP contribution in [0.5, 0.6) is 0 Å². The molecule has 21 heavy (non-hydrogen) atoms. The molecule has 0 aliphatic rings. The van der Waals surface area contributed by atoms with Crippen molar-refractivity contribution >= 4 is 5.97 Å². The highest BCUT2D eigenvalue weighted by Gasteiger charge is 2.32. The van der Waals surface area contributed by atoms with Gasteiger partial charge in [0, 0.05) is 17.5 Å². The summed E-state index contributed by atoms with van der Waals surface area (Å²) in [7, 11) is 0. The lowest BCUT2D eigenvalue weighted by Gasteiger charge is -2.29. The monoisotopic (exact) mass is 289 g/mol. The fourth-order valence-electron chi connectivity index (χ4n) is 2.23. The second kappa shape index (κ2) is 5.59. The molecule has 0 aromatic carbocycles. The first-order valence-electron chi connectivity index (χ1n) is 6.72. The minimum Gasteiger partial charge on any atom is -0.481 e. The van der Waals surface area contributed by atoms with Crippen LogP contribution in [0.1, 0.15) is 38.9 Å². The molecule has 2 rings (SSSR count). The zero-order valence-electron chi connectivity index (χ0n) is 12.6. The van der Waals surface area contributed by atoms with Gasteiger partial charge in [0.05, 0.1) is 12.5 Å². The van der Waals surface area contributed by atoms with Gasteiger partial charge in [-0.05, 0) is 34.9 Å². The SMILES string of the molecule is Cc1ncccc1-c1nnnn1C(CC(=O)O)C(C)(C)C. The third-order valence-corrected chi connectivity index (χ3v) is 3.40. The molecule has 7 nitrogen and oxygen atoms in total. The summed E-state index contributed by atoms with van der Waals surface area (Å²) in [6.07, 6.45) is 1.66. The number of carboxylic acid groups (broad SMARTS) is 1. The average molecular weight is 289 g/mol. The van der Waals surface area contributed by atoms with Crippen LogP contribution in [-0.4, -0.2) is 36.3 Å². The second-order valence-electron chi connectivity index (χ2n) is 6.06. The van der Waals surface area contributed by atoms with Crippen molar-refractivity contribution < 1.29 is 9.90 Å². The molecule has 0 amide bonds. The Morgan fingerprint density at radius 2 is 2.14 bits per heavy atom. The molecule has 1 atom stereocenters. The van der Waals surface area contributed by atoms with E-state index in [1.54, 1.807) is 10.9 Å². The van der Waals surface area contributed by atoms with E-state index in [2.05, 4.69) is 20.5 Å². The van der Waals surface area contributed by atoms with Crippen LogP contribution in [0.3, 0.4) is 0 Å². The van der Waals surface area contributed by atoms with Crippen molar-refractivity contribution in [3.05, 3.63) is 24.0 Å². The summed E-state index contributed by atoms with van der Waals surface area (Å²) in [6, 6.07) is 3.34. The van der Waals surface area contributed by atoms with Crippen molar-refractivity contribution in [2.45, 2.75) is 40.2 Å². The maximum Gasteiger partial charge on any atom is 0.305 e. The maximum absolute atomic E-state index is 11.2. The fourth-order valence-corrected chi connectivity index (χ4v) is 2.23. The Morgan fingerprint density at radius 3 is 2.71 bits per heavy atom. The predicted octanol–water partition coefficient (Wildman–Crippen LogP) is 2.11. The summed E-state index contributed by atoms with van der Waals surface area (Å²) in [5.74, 6) is -0.332. The lowest BCUT2D eigenvalue weighted by Crippen LogP contribution is -2.28. The summed E-state index contributed by atoms with van der Waals surface area (Å²) >= 11 is 0. The van der Waals surface area contributed by atoms with Crippen molar-refractivity contribution in [3.8, 4) is 11.4 Å². The third-order valence-electron chi connectivity index (χ3n) is 3.40. The second-order valence-corrected chi connectivity index (χ2v) is 6.06. The number of aryl methyl sites for hydroxylation is 1. The number of hydrogen-bond acceptors (Lipinski definition) is 5. The van der Waals surface area contributed by atoms with E-state index in [9.17, 15) is 4.79 Å². The normalized spacial score (nSPS) is 13.1. The summed E-state index contributed by atoms with van der Waals surface area (Å²) < 4.78 is 1.60. The Balaban J connectivity index is 2.52. The van der Waals surface area contributed by atoms with E-state index in [-0.39, 0.29) is 17.9 Å². The average Bonchev–Trinajstić information content (AvgIpc) is 2.83. The molecule has 0 spiro atoms. The van der Waals surface area contributed by atoms with Crippen molar-refractivity contribution in [2.75, 3.05) is 0 Å². The van der Waals surface area contributed by atoms with Gasteiger partial charge in [0.2, 0.25) is 0 Å². The molecule has 112 valence electrons. The van der Waals surface area contributed by atoms with Gasteiger partial charge in [-0.25, -0.2) is 4.68 Å².